The lowest BCUT2D eigenvalue weighted by molar-refractivity contribution is -0.131. The largest absolute Gasteiger partial charge is 0.426 e. The fourth-order valence-corrected chi connectivity index (χ4v) is 2.88. The third-order valence-electron chi connectivity index (χ3n) is 4.00. The first-order valence-electron chi connectivity index (χ1n) is 9.15. The van der Waals surface area contributed by atoms with Crippen LogP contribution in [0.5, 0.6) is 5.75 Å². The molecular formula is C22H26N2O4. The molecule has 0 bridgehead atoms. The third kappa shape index (κ3) is 4.76. The Balaban J connectivity index is 2.50. The summed E-state index contributed by atoms with van der Waals surface area (Å²) >= 11 is 0. The number of para-hydroxylation sites is 1. The van der Waals surface area contributed by atoms with Gasteiger partial charge in [0, 0.05) is 19.0 Å². The Labute approximate surface area is 165 Å². The summed E-state index contributed by atoms with van der Waals surface area (Å²) in [4.78, 5) is 38.0. The van der Waals surface area contributed by atoms with Crippen molar-refractivity contribution < 1.29 is 19.1 Å². The molecule has 28 heavy (non-hydrogen) atoms. The molecule has 0 heterocycles. The van der Waals surface area contributed by atoms with Crippen molar-refractivity contribution >= 4 is 17.8 Å². The number of amides is 2. The lowest BCUT2D eigenvalue weighted by Gasteiger charge is -2.43. The predicted octanol–water partition coefficient (Wildman–Crippen LogP) is 3.93. The molecule has 0 N–H and O–H groups in total. The van der Waals surface area contributed by atoms with Crippen molar-refractivity contribution in [2.24, 2.45) is 0 Å². The first-order chi connectivity index (χ1) is 13.2. The number of nitrogens with zero attached hydrogens (tertiary/aromatic N) is 2. The van der Waals surface area contributed by atoms with Gasteiger partial charge in [0.05, 0.1) is 11.1 Å². The van der Waals surface area contributed by atoms with Crippen LogP contribution in [0.25, 0.3) is 0 Å². The minimum absolute atomic E-state index is 0.164. The highest BCUT2D eigenvalue weighted by Crippen LogP contribution is 2.26. The van der Waals surface area contributed by atoms with Crippen LogP contribution in [-0.2, 0) is 4.79 Å². The monoisotopic (exact) mass is 382 g/mol. The van der Waals surface area contributed by atoms with Crippen molar-refractivity contribution in [3.8, 4) is 5.75 Å². The normalized spacial score (nSPS) is 10.9. The summed E-state index contributed by atoms with van der Waals surface area (Å²) in [6, 6.07) is 15.3. The zero-order valence-electron chi connectivity index (χ0n) is 16.9. The van der Waals surface area contributed by atoms with Crippen LogP contribution in [0.4, 0.5) is 0 Å². The summed E-state index contributed by atoms with van der Waals surface area (Å²) < 4.78 is 5.20. The summed E-state index contributed by atoms with van der Waals surface area (Å²) in [7, 11) is 0. The van der Waals surface area contributed by atoms with Gasteiger partial charge in [-0.25, -0.2) is 10.0 Å². The molecular weight excluding hydrogens is 356 g/mol. The number of rotatable bonds is 4. The van der Waals surface area contributed by atoms with E-state index in [0.29, 0.717) is 12.1 Å². The van der Waals surface area contributed by atoms with Crippen LogP contribution in [0.15, 0.2) is 54.6 Å². The molecule has 2 aromatic carbocycles. The SMILES string of the molecule is CCN(C(=O)c1ccccc1)N(C(=O)c1ccccc1OC(C)=O)C(C)(C)C. The first kappa shape index (κ1) is 21.2. The summed E-state index contributed by atoms with van der Waals surface area (Å²) in [6.07, 6.45) is 0. The molecule has 0 saturated carbocycles. The lowest BCUT2D eigenvalue weighted by atomic mass is 10.1. The Bertz CT molecular complexity index is 856. The van der Waals surface area contributed by atoms with Crippen molar-refractivity contribution in [1.82, 2.24) is 10.0 Å². The van der Waals surface area contributed by atoms with Gasteiger partial charge in [-0.05, 0) is 52.0 Å². The number of carbonyl (C=O) groups is 3. The molecule has 0 aliphatic heterocycles. The Morgan fingerprint density at radius 2 is 1.46 bits per heavy atom. The molecule has 0 aliphatic rings. The molecule has 0 spiro atoms. The van der Waals surface area contributed by atoms with Crippen molar-refractivity contribution in [3.05, 3.63) is 65.7 Å². The highest BCUT2D eigenvalue weighted by atomic mass is 16.5. The molecule has 0 radical (unpaired) electrons. The zero-order valence-corrected chi connectivity index (χ0v) is 16.9. The minimum Gasteiger partial charge on any atom is -0.426 e. The Morgan fingerprint density at radius 1 is 0.893 bits per heavy atom. The second-order valence-electron chi connectivity index (χ2n) is 7.26. The van der Waals surface area contributed by atoms with E-state index in [1.807, 2.05) is 33.8 Å². The first-order valence-corrected chi connectivity index (χ1v) is 9.15. The van der Waals surface area contributed by atoms with Crippen LogP contribution in [-0.4, -0.2) is 39.9 Å². The van der Waals surface area contributed by atoms with Gasteiger partial charge in [-0.3, -0.25) is 14.4 Å². The van der Waals surface area contributed by atoms with Gasteiger partial charge in [-0.1, -0.05) is 30.3 Å². The van der Waals surface area contributed by atoms with E-state index in [4.69, 9.17) is 4.74 Å². The average molecular weight is 382 g/mol. The van der Waals surface area contributed by atoms with Crippen LogP contribution in [0.1, 0.15) is 55.3 Å². The number of carbonyl (C=O) groups excluding carboxylic acids is 3. The molecule has 0 aliphatic carbocycles. The minimum atomic E-state index is -0.694. The highest BCUT2D eigenvalue weighted by molar-refractivity contribution is 6.01. The van der Waals surface area contributed by atoms with Gasteiger partial charge in [0.25, 0.3) is 11.8 Å². The number of esters is 1. The second kappa shape index (κ2) is 8.69. The van der Waals surface area contributed by atoms with E-state index in [1.54, 1.807) is 48.5 Å². The molecule has 0 atom stereocenters. The van der Waals surface area contributed by atoms with Gasteiger partial charge in [0.1, 0.15) is 5.75 Å². The van der Waals surface area contributed by atoms with Gasteiger partial charge in [-0.2, -0.15) is 0 Å². The fraction of sp³-hybridized carbons (Fsp3) is 0.318. The maximum Gasteiger partial charge on any atom is 0.308 e. The molecule has 6 nitrogen and oxygen atoms in total. The van der Waals surface area contributed by atoms with Gasteiger partial charge in [0.15, 0.2) is 0 Å². The molecule has 6 heteroatoms. The molecule has 2 aromatic rings. The van der Waals surface area contributed by atoms with E-state index in [9.17, 15) is 14.4 Å². The number of ether oxygens (including phenoxy) is 1. The van der Waals surface area contributed by atoms with E-state index in [0.717, 1.165) is 0 Å². The standard InChI is InChI=1S/C22H26N2O4/c1-6-23(20(26)17-12-8-7-9-13-17)24(22(3,4)5)21(27)18-14-10-11-15-19(18)28-16(2)25/h7-15H,6H2,1-5H3. The summed E-state index contributed by atoms with van der Waals surface area (Å²) in [5.41, 5.74) is 0.00698. The lowest BCUT2D eigenvalue weighted by Crippen LogP contribution is -2.58. The van der Waals surface area contributed by atoms with E-state index in [1.165, 1.54) is 16.9 Å². The molecule has 0 aromatic heterocycles. The molecule has 0 fully saturated rings. The predicted molar refractivity (Wildman–Crippen MR) is 107 cm³/mol. The van der Waals surface area contributed by atoms with Gasteiger partial charge >= 0.3 is 5.97 Å². The van der Waals surface area contributed by atoms with E-state index in [-0.39, 0.29) is 17.2 Å². The number of hydrogen-bond acceptors (Lipinski definition) is 4. The van der Waals surface area contributed by atoms with E-state index < -0.39 is 17.4 Å². The molecule has 148 valence electrons. The number of hydrogen-bond donors (Lipinski definition) is 0. The average Bonchev–Trinajstić information content (AvgIpc) is 2.64. The van der Waals surface area contributed by atoms with Crippen LogP contribution in [0, 0.1) is 0 Å². The Hall–Kier alpha value is -3.15. The highest BCUT2D eigenvalue weighted by Gasteiger charge is 2.36. The van der Waals surface area contributed by atoms with Crippen LogP contribution in [0.2, 0.25) is 0 Å². The number of benzene rings is 2. The number of hydrazine groups is 1. The molecule has 0 unspecified atom stereocenters. The van der Waals surface area contributed by atoms with E-state index >= 15 is 0 Å². The molecule has 2 rings (SSSR count). The fourth-order valence-electron chi connectivity index (χ4n) is 2.88. The zero-order chi connectivity index (χ0) is 20.9. The van der Waals surface area contributed by atoms with Gasteiger partial charge < -0.3 is 4.74 Å². The quantitative estimate of drug-likeness (QED) is 0.456. The van der Waals surface area contributed by atoms with Crippen molar-refractivity contribution in [1.29, 1.82) is 0 Å². The smallest absolute Gasteiger partial charge is 0.308 e. The molecule has 0 saturated heterocycles. The van der Waals surface area contributed by atoms with Crippen LogP contribution in [0.3, 0.4) is 0 Å². The van der Waals surface area contributed by atoms with Gasteiger partial charge in [0.2, 0.25) is 0 Å². The van der Waals surface area contributed by atoms with Crippen molar-refractivity contribution in [2.45, 2.75) is 40.2 Å². The Kier molecular flexibility index (Phi) is 6.57. The Morgan fingerprint density at radius 3 is 2.00 bits per heavy atom. The maximum absolute atomic E-state index is 13.5. The van der Waals surface area contributed by atoms with Crippen LogP contribution < -0.4 is 4.74 Å². The third-order valence-corrected chi connectivity index (χ3v) is 4.00. The topological polar surface area (TPSA) is 66.9 Å². The summed E-state index contributed by atoms with van der Waals surface area (Å²) in [6.45, 7) is 8.93. The van der Waals surface area contributed by atoms with Gasteiger partial charge in [-0.15, -0.1) is 0 Å². The van der Waals surface area contributed by atoms with Crippen molar-refractivity contribution in [3.63, 3.8) is 0 Å². The summed E-state index contributed by atoms with van der Waals surface area (Å²) in [5, 5.41) is 2.84. The van der Waals surface area contributed by atoms with Crippen LogP contribution >= 0.6 is 0 Å². The maximum atomic E-state index is 13.5. The van der Waals surface area contributed by atoms with E-state index in [2.05, 4.69) is 0 Å². The second-order valence-corrected chi connectivity index (χ2v) is 7.26. The summed E-state index contributed by atoms with van der Waals surface area (Å²) in [5.74, 6) is -1.06. The molecule has 2 amide bonds. The van der Waals surface area contributed by atoms with Crippen molar-refractivity contribution in [2.75, 3.05) is 6.54 Å².